The first kappa shape index (κ1) is 21.2. The van der Waals surface area contributed by atoms with Crippen LogP contribution in [-0.2, 0) is 6.54 Å². The number of nitrogens with zero attached hydrogens (tertiary/aromatic N) is 4. The average molecular weight is 410 g/mol. The summed E-state index contributed by atoms with van der Waals surface area (Å²) in [7, 11) is 0. The van der Waals surface area contributed by atoms with Gasteiger partial charge in [0.05, 0.1) is 12.2 Å². The minimum atomic E-state index is 0.560. The molecule has 29 heavy (non-hydrogen) atoms. The smallest absolute Gasteiger partial charge is 0.227 e. The van der Waals surface area contributed by atoms with Crippen molar-refractivity contribution in [2.45, 2.75) is 41.2 Å². The van der Waals surface area contributed by atoms with E-state index in [1.807, 2.05) is 30.5 Å². The number of anilines is 2. The first-order chi connectivity index (χ1) is 13.9. The van der Waals surface area contributed by atoms with Crippen LogP contribution in [0, 0.1) is 18.8 Å². The van der Waals surface area contributed by atoms with Gasteiger partial charge in [0.1, 0.15) is 10.8 Å². The summed E-state index contributed by atoms with van der Waals surface area (Å²) in [5.41, 5.74) is 2.23. The van der Waals surface area contributed by atoms with E-state index in [9.17, 15) is 0 Å². The Labute approximate surface area is 178 Å². The van der Waals surface area contributed by atoms with Gasteiger partial charge < -0.3 is 10.2 Å². The zero-order valence-corrected chi connectivity index (χ0v) is 18.8. The van der Waals surface area contributed by atoms with Crippen molar-refractivity contribution in [1.29, 1.82) is 0 Å². The van der Waals surface area contributed by atoms with Crippen LogP contribution in [0.4, 0.5) is 11.8 Å². The average Bonchev–Trinajstić information content (AvgIpc) is 3.07. The van der Waals surface area contributed by atoms with Gasteiger partial charge in [0.25, 0.3) is 0 Å². The van der Waals surface area contributed by atoms with Crippen LogP contribution in [-0.4, -0.2) is 28.0 Å². The second-order valence-electron chi connectivity index (χ2n) is 8.18. The fraction of sp³-hybridized carbons (Fsp3) is 0.435. The Balaban J connectivity index is 1.71. The van der Waals surface area contributed by atoms with Crippen LogP contribution >= 0.6 is 11.3 Å². The van der Waals surface area contributed by atoms with Crippen molar-refractivity contribution in [2.24, 2.45) is 11.8 Å². The van der Waals surface area contributed by atoms with Gasteiger partial charge in [-0.15, -0.1) is 11.3 Å². The lowest BCUT2D eigenvalue weighted by Gasteiger charge is -2.26. The van der Waals surface area contributed by atoms with Gasteiger partial charge in [-0.3, -0.25) is 0 Å². The zero-order valence-electron chi connectivity index (χ0n) is 18.0. The molecule has 0 radical (unpaired) electrons. The molecule has 1 aromatic carbocycles. The van der Waals surface area contributed by atoms with Gasteiger partial charge in [0.2, 0.25) is 5.95 Å². The molecule has 2 aromatic heterocycles. The van der Waals surface area contributed by atoms with Gasteiger partial charge in [-0.1, -0.05) is 58.0 Å². The number of benzene rings is 1. The van der Waals surface area contributed by atoms with E-state index in [4.69, 9.17) is 9.97 Å². The summed E-state index contributed by atoms with van der Waals surface area (Å²) in [5, 5.41) is 4.52. The molecule has 0 atom stereocenters. The summed E-state index contributed by atoms with van der Waals surface area (Å²) in [6.07, 6.45) is 1.84. The normalized spacial score (nSPS) is 11.3. The molecule has 0 amide bonds. The van der Waals surface area contributed by atoms with Crippen molar-refractivity contribution in [3.05, 3.63) is 53.2 Å². The van der Waals surface area contributed by atoms with E-state index in [0.29, 0.717) is 18.4 Å². The molecule has 0 bridgehead atoms. The molecule has 2 heterocycles. The Morgan fingerprint density at radius 1 is 0.966 bits per heavy atom. The molecule has 5 nitrogen and oxygen atoms in total. The van der Waals surface area contributed by atoms with Gasteiger partial charge >= 0.3 is 0 Å². The molecule has 3 rings (SSSR count). The molecule has 1 N–H and O–H groups in total. The highest BCUT2D eigenvalue weighted by Gasteiger charge is 2.14. The fourth-order valence-electron chi connectivity index (χ4n) is 3.19. The van der Waals surface area contributed by atoms with E-state index in [1.54, 1.807) is 11.3 Å². The number of rotatable bonds is 9. The van der Waals surface area contributed by atoms with E-state index >= 15 is 0 Å². The first-order valence-corrected chi connectivity index (χ1v) is 11.1. The lowest BCUT2D eigenvalue weighted by atomic mass is 10.1. The lowest BCUT2D eigenvalue weighted by Crippen LogP contribution is -2.32. The second kappa shape index (κ2) is 9.83. The molecule has 0 saturated carbocycles. The molecule has 0 spiro atoms. The van der Waals surface area contributed by atoms with E-state index in [-0.39, 0.29) is 0 Å². The first-order valence-electron chi connectivity index (χ1n) is 10.3. The highest BCUT2D eigenvalue weighted by Crippen LogP contribution is 2.28. The van der Waals surface area contributed by atoms with Crippen LogP contribution in [0.1, 0.15) is 38.3 Å². The zero-order chi connectivity index (χ0) is 20.8. The van der Waals surface area contributed by atoms with Crippen LogP contribution < -0.4 is 10.2 Å². The number of hydrogen-bond donors (Lipinski definition) is 1. The summed E-state index contributed by atoms with van der Waals surface area (Å²) in [4.78, 5) is 17.6. The third-order valence-corrected chi connectivity index (χ3v) is 5.65. The topological polar surface area (TPSA) is 53.9 Å². The number of nitrogens with one attached hydrogen (secondary N) is 1. The SMILES string of the molecule is Cc1nc(-c2ccccc2)sc1CNc1ccnc(N(CC(C)C)CC(C)C)n1. The minimum Gasteiger partial charge on any atom is -0.365 e. The highest BCUT2D eigenvalue weighted by molar-refractivity contribution is 7.15. The molecule has 0 saturated heterocycles. The van der Waals surface area contributed by atoms with Crippen LogP contribution in [0.3, 0.4) is 0 Å². The second-order valence-corrected chi connectivity index (χ2v) is 9.27. The van der Waals surface area contributed by atoms with E-state index in [1.165, 1.54) is 4.88 Å². The molecule has 3 aromatic rings. The van der Waals surface area contributed by atoms with Crippen LogP contribution in [0.5, 0.6) is 0 Å². The Hall–Kier alpha value is -2.47. The molecule has 0 aliphatic rings. The predicted octanol–water partition coefficient (Wildman–Crippen LogP) is 5.64. The molecule has 0 fully saturated rings. The van der Waals surface area contributed by atoms with Gasteiger partial charge in [-0.05, 0) is 24.8 Å². The van der Waals surface area contributed by atoms with E-state index < -0.39 is 0 Å². The van der Waals surface area contributed by atoms with Crippen molar-refractivity contribution in [3.8, 4) is 10.6 Å². The van der Waals surface area contributed by atoms with Crippen LogP contribution in [0.2, 0.25) is 0 Å². The highest BCUT2D eigenvalue weighted by atomic mass is 32.1. The summed E-state index contributed by atoms with van der Waals surface area (Å²) < 4.78 is 0. The van der Waals surface area contributed by atoms with Crippen molar-refractivity contribution < 1.29 is 0 Å². The standard InChI is InChI=1S/C23H31N5S/c1-16(2)14-28(15-17(3)4)23-24-12-11-21(27-23)25-13-20-18(5)26-22(29-20)19-9-7-6-8-10-19/h6-12,16-17H,13-15H2,1-5H3,(H,24,25,27). The minimum absolute atomic E-state index is 0.560. The quantitative estimate of drug-likeness (QED) is 0.496. The third kappa shape index (κ3) is 6.00. The Morgan fingerprint density at radius 2 is 1.66 bits per heavy atom. The number of hydrogen-bond acceptors (Lipinski definition) is 6. The third-order valence-electron chi connectivity index (χ3n) is 4.44. The fourth-order valence-corrected chi connectivity index (χ4v) is 4.19. The molecule has 0 aliphatic carbocycles. The number of thiazole rings is 1. The Bertz CT molecular complexity index is 895. The molecule has 154 valence electrons. The molecule has 6 heteroatoms. The van der Waals surface area contributed by atoms with Gasteiger partial charge in [0.15, 0.2) is 0 Å². The van der Waals surface area contributed by atoms with Crippen molar-refractivity contribution in [3.63, 3.8) is 0 Å². The molecule has 0 aliphatic heterocycles. The largest absolute Gasteiger partial charge is 0.365 e. The lowest BCUT2D eigenvalue weighted by molar-refractivity contribution is 0.544. The van der Waals surface area contributed by atoms with Crippen LogP contribution in [0.15, 0.2) is 42.6 Å². The summed E-state index contributed by atoms with van der Waals surface area (Å²) >= 11 is 1.73. The van der Waals surface area contributed by atoms with Gasteiger partial charge in [0, 0.05) is 29.7 Å². The van der Waals surface area contributed by atoms with Gasteiger partial charge in [-0.25, -0.2) is 9.97 Å². The number of aromatic nitrogens is 3. The molecule has 0 unspecified atom stereocenters. The monoisotopic (exact) mass is 409 g/mol. The van der Waals surface area contributed by atoms with Crippen molar-refractivity contribution in [2.75, 3.05) is 23.3 Å². The number of aryl methyl sites for hydroxylation is 1. The Morgan fingerprint density at radius 3 is 2.31 bits per heavy atom. The van der Waals surface area contributed by atoms with E-state index in [0.717, 1.165) is 41.1 Å². The Kier molecular flexibility index (Phi) is 7.20. The van der Waals surface area contributed by atoms with Gasteiger partial charge in [-0.2, -0.15) is 4.98 Å². The van der Waals surface area contributed by atoms with E-state index in [2.05, 4.69) is 62.0 Å². The maximum atomic E-state index is 4.78. The van der Waals surface area contributed by atoms with Crippen LogP contribution in [0.25, 0.3) is 10.6 Å². The van der Waals surface area contributed by atoms with Crippen molar-refractivity contribution in [1.82, 2.24) is 15.0 Å². The molecular weight excluding hydrogens is 378 g/mol. The summed E-state index contributed by atoms with van der Waals surface area (Å²) in [6.45, 7) is 13.6. The predicted molar refractivity (Wildman–Crippen MR) is 124 cm³/mol. The molecular formula is C23H31N5S. The summed E-state index contributed by atoms with van der Waals surface area (Å²) in [5.74, 6) is 2.76. The van der Waals surface area contributed by atoms with Crippen molar-refractivity contribution >= 4 is 23.1 Å². The maximum Gasteiger partial charge on any atom is 0.227 e. The summed E-state index contributed by atoms with van der Waals surface area (Å²) in [6, 6.07) is 12.3. The maximum absolute atomic E-state index is 4.78.